The highest BCUT2D eigenvalue weighted by Crippen LogP contribution is 2.27. The number of hydrogen-bond donors (Lipinski definition) is 1. The summed E-state index contributed by atoms with van der Waals surface area (Å²) in [5.74, 6) is -0.208. The zero-order chi connectivity index (χ0) is 9.97. The van der Waals surface area contributed by atoms with Gasteiger partial charge in [-0.15, -0.1) is 0 Å². The summed E-state index contributed by atoms with van der Waals surface area (Å²) in [6, 6.07) is 3.70. The molecular weight excluding hydrogens is 184 g/mol. The van der Waals surface area contributed by atoms with Gasteiger partial charge in [-0.05, 0) is 31.4 Å². The van der Waals surface area contributed by atoms with E-state index in [9.17, 15) is 8.78 Å². The molecule has 1 aliphatic carbocycles. The largest absolute Gasteiger partial charge is 0.312 e. The van der Waals surface area contributed by atoms with Gasteiger partial charge in [-0.25, -0.2) is 8.78 Å². The normalized spacial score (nSPS) is 15.9. The fraction of sp³-hybridized carbons (Fsp3) is 0.455. The Balaban J connectivity index is 1.87. The summed E-state index contributed by atoms with van der Waals surface area (Å²) in [6.45, 7) is 1.43. The Morgan fingerprint density at radius 2 is 2.07 bits per heavy atom. The molecule has 1 nitrogen and oxygen atoms in total. The molecule has 2 rings (SSSR count). The number of benzene rings is 1. The molecule has 1 aliphatic rings. The van der Waals surface area contributed by atoms with Crippen molar-refractivity contribution >= 4 is 0 Å². The minimum Gasteiger partial charge on any atom is -0.312 e. The second-order valence-electron chi connectivity index (χ2n) is 3.81. The molecule has 1 aromatic rings. The van der Waals surface area contributed by atoms with Crippen LogP contribution in [-0.2, 0) is 6.54 Å². The summed E-state index contributed by atoms with van der Waals surface area (Å²) in [4.78, 5) is 0. The summed E-state index contributed by atoms with van der Waals surface area (Å²) in [5.41, 5.74) is 0.534. The maximum atomic E-state index is 13.1. The molecule has 3 heteroatoms. The second kappa shape index (κ2) is 4.05. The number of rotatable bonds is 4. The molecule has 0 heterocycles. The first-order valence-corrected chi connectivity index (χ1v) is 4.90. The van der Waals surface area contributed by atoms with E-state index >= 15 is 0 Å². The third-order valence-electron chi connectivity index (χ3n) is 2.46. The second-order valence-corrected chi connectivity index (χ2v) is 3.81. The van der Waals surface area contributed by atoms with E-state index in [1.54, 1.807) is 0 Å². The van der Waals surface area contributed by atoms with Gasteiger partial charge < -0.3 is 5.32 Å². The lowest BCUT2D eigenvalue weighted by atomic mass is 10.2. The van der Waals surface area contributed by atoms with Crippen LogP contribution in [0.2, 0.25) is 0 Å². The first-order chi connectivity index (χ1) is 6.75. The van der Waals surface area contributed by atoms with Crippen LogP contribution in [0.15, 0.2) is 18.2 Å². The smallest absolute Gasteiger partial charge is 0.130 e. The minimum atomic E-state index is -0.520. The van der Waals surface area contributed by atoms with Gasteiger partial charge >= 0.3 is 0 Å². The Hall–Kier alpha value is -0.960. The molecule has 1 aromatic carbocycles. The molecule has 0 spiro atoms. The SMILES string of the molecule is Fc1ccc(CNCC2CC2)c(F)c1. The van der Waals surface area contributed by atoms with E-state index in [2.05, 4.69) is 5.32 Å². The van der Waals surface area contributed by atoms with Crippen molar-refractivity contribution in [3.63, 3.8) is 0 Å². The van der Waals surface area contributed by atoms with Crippen molar-refractivity contribution in [2.24, 2.45) is 5.92 Å². The topological polar surface area (TPSA) is 12.0 Å². The lowest BCUT2D eigenvalue weighted by Crippen LogP contribution is -2.16. The fourth-order valence-electron chi connectivity index (χ4n) is 1.40. The van der Waals surface area contributed by atoms with E-state index in [1.807, 2.05) is 0 Å². The zero-order valence-electron chi connectivity index (χ0n) is 7.89. The van der Waals surface area contributed by atoms with Gasteiger partial charge in [-0.3, -0.25) is 0 Å². The minimum absolute atomic E-state index is 0.465. The molecule has 0 aliphatic heterocycles. The van der Waals surface area contributed by atoms with Crippen molar-refractivity contribution < 1.29 is 8.78 Å². The van der Waals surface area contributed by atoms with Crippen LogP contribution in [0, 0.1) is 17.6 Å². The first kappa shape index (κ1) is 9.59. The number of halogens is 2. The predicted molar refractivity (Wildman–Crippen MR) is 50.8 cm³/mol. The van der Waals surface area contributed by atoms with Gasteiger partial charge in [0.2, 0.25) is 0 Å². The summed E-state index contributed by atoms with van der Waals surface area (Å²) in [7, 11) is 0. The van der Waals surface area contributed by atoms with E-state index < -0.39 is 11.6 Å². The summed E-state index contributed by atoms with van der Waals surface area (Å²) in [6.07, 6.45) is 2.55. The Morgan fingerprint density at radius 3 is 2.71 bits per heavy atom. The molecule has 0 radical (unpaired) electrons. The molecule has 1 N–H and O–H groups in total. The molecule has 14 heavy (non-hydrogen) atoms. The Labute approximate surface area is 82.1 Å². The van der Waals surface area contributed by atoms with Crippen LogP contribution in [0.4, 0.5) is 8.78 Å². The lowest BCUT2D eigenvalue weighted by molar-refractivity contribution is 0.555. The van der Waals surface area contributed by atoms with Crippen molar-refractivity contribution in [1.29, 1.82) is 0 Å². The van der Waals surface area contributed by atoms with Gasteiger partial charge in [0.25, 0.3) is 0 Å². The highest BCUT2D eigenvalue weighted by atomic mass is 19.1. The number of hydrogen-bond acceptors (Lipinski definition) is 1. The molecule has 0 atom stereocenters. The maximum absolute atomic E-state index is 13.1. The van der Waals surface area contributed by atoms with Gasteiger partial charge in [0.05, 0.1) is 0 Å². The van der Waals surface area contributed by atoms with Crippen LogP contribution < -0.4 is 5.32 Å². The van der Waals surface area contributed by atoms with E-state index in [4.69, 9.17) is 0 Å². The van der Waals surface area contributed by atoms with Crippen LogP contribution in [0.1, 0.15) is 18.4 Å². The maximum Gasteiger partial charge on any atom is 0.130 e. The molecule has 0 aromatic heterocycles. The van der Waals surface area contributed by atoms with Gasteiger partial charge in [0.1, 0.15) is 11.6 Å². The third-order valence-corrected chi connectivity index (χ3v) is 2.46. The Kier molecular flexibility index (Phi) is 2.77. The molecule has 1 fully saturated rings. The quantitative estimate of drug-likeness (QED) is 0.781. The van der Waals surface area contributed by atoms with Gasteiger partial charge in [-0.1, -0.05) is 6.07 Å². The molecule has 0 bridgehead atoms. The average molecular weight is 197 g/mol. The van der Waals surface area contributed by atoms with Gasteiger partial charge in [0, 0.05) is 18.2 Å². The molecule has 0 unspecified atom stereocenters. The van der Waals surface area contributed by atoms with Crippen molar-refractivity contribution in [1.82, 2.24) is 5.32 Å². The van der Waals surface area contributed by atoms with Crippen molar-refractivity contribution in [3.8, 4) is 0 Å². The van der Waals surface area contributed by atoms with Crippen LogP contribution in [0.5, 0.6) is 0 Å². The molecule has 0 amide bonds. The Bertz CT molecular complexity index is 321. The Morgan fingerprint density at radius 1 is 1.29 bits per heavy atom. The molecule has 76 valence electrons. The van der Waals surface area contributed by atoms with Crippen LogP contribution in [0.3, 0.4) is 0 Å². The fourth-order valence-corrected chi connectivity index (χ4v) is 1.40. The summed E-state index contributed by atoms with van der Waals surface area (Å²) in [5, 5.41) is 3.16. The number of nitrogens with one attached hydrogen (secondary N) is 1. The van der Waals surface area contributed by atoms with Crippen LogP contribution >= 0.6 is 0 Å². The standard InChI is InChI=1S/C11H13F2N/c12-10-4-3-9(11(13)5-10)7-14-6-8-1-2-8/h3-5,8,14H,1-2,6-7H2. The highest BCUT2D eigenvalue weighted by Gasteiger charge is 2.20. The predicted octanol–water partition coefficient (Wildman–Crippen LogP) is 2.46. The highest BCUT2D eigenvalue weighted by molar-refractivity contribution is 5.18. The van der Waals surface area contributed by atoms with E-state index in [1.165, 1.54) is 25.0 Å². The van der Waals surface area contributed by atoms with Crippen LogP contribution in [0.25, 0.3) is 0 Å². The monoisotopic (exact) mass is 197 g/mol. The van der Waals surface area contributed by atoms with Gasteiger partial charge in [-0.2, -0.15) is 0 Å². The third kappa shape index (κ3) is 2.51. The van der Waals surface area contributed by atoms with E-state index in [-0.39, 0.29) is 0 Å². The van der Waals surface area contributed by atoms with Gasteiger partial charge in [0.15, 0.2) is 0 Å². The van der Waals surface area contributed by atoms with E-state index in [0.29, 0.717) is 12.1 Å². The summed E-state index contributed by atoms with van der Waals surface area (Å²) >= 11 is 0. The first-order valence-electron chi connectivity index (χ1n) is 4.90. The lowest BCUT2D eigenvalue weighted by Gasteiger charge is -2.04. The van der Waals surface area contributed by atoms with Crippen molar-refractivity contribution in [2.45, 2.75) is 19.4 Å². The molecule has 0 saturated heterocycles. The van der Waals surface area contributed by atoms with E-state index in [0.717, 1.165) is 18.5 Å². The molecule has 1 saturated carbocycles. The average Bonchev–Trinajstić information content (AvgIpc) is 2.92. The van der Waals surface area contributed by atoms with Crippen molar-refractivity contribution in [2.75, 3.05) is 6.54 Å². The molecular formula is C11H13F2N. The van der Waals surface area contributed by atoms with Crippen molar-refractivity contribution in [3.05, 3.63) is 35.4 Å². The zero-order valence-corrected chi connectivity index (χ0v) is 7.89. The summed E-state index contributed by atoms with van der Waals surface area (Å²) < 4.78 is 25.7. The van der Waals surface area contributed by atoms with Crippen LogP contribution in [-0.4, -0.2) is 6.54 Å².